The van der Waals surface area contributed by atoms with E-state index in [1.807, 2.05) is 7.05 Å². The fourth-order valence-electron chi connectivity index (χ4n) is 3.27. The van der Waals surface area contributed by atoms with Gasteiger partial charge in [-0.2, -0.15) is 0 Å². The summed E-state index contributed by atoms with van der Waals surface area (Å²) in [6.45, 7) is 13.3. The average Bonchev–Trinajstić information content (AvgIpc) is 2.92. The Balaban J connectivity index is 2.38. The number of nitrogens with one attached hydrogen (secondary N) is 1. The molecule has 1 N–H and O–H groups in total. The summed E-state index contributed by atoms with van der Waals surface area (Å²) in [5, 5.41) is 3.23. The summed E-state index contributed by atoms with van der Waals surface area (Å²) in [4.78, 5) is 12.0. The van der Waals surface area contributed by atoms with Crippen molar-refractivity contribution in [2.75, 3.05) is 30.4 Å². The molecule has 2 rings (SSSR count). The minimum absolute atomic E-state index is 0.348. The highest BCUT2D eigenvalue weighted by atomic mass is 15.2. The largest absolute Gasteiger partial charge is 0.373 e. The second kappa shape index (κ2) is 6.20. The van der Waals surface area contributed by atoms with Gasteiger partial charge in [-0.15, -0.1) is 0 Å². The Hall–Kier alpha value is -1.32. The number of rotatable bonds is 5. The highest BCUT2D eigenvalue weighted by molar-refractivity contribution is 5.59. The topological polar surface area (TPSA) is 41.1 Å². The summed E-state index contributed by atoms with van der Waals surface area (Å²) in [5.41, 5.74) is 1.64. The molecule has 0 aromatic carbocycles. The molecule has 1 aromatic heterocycles. The fourth-order valence-corrected chi connectivity index (χ4v) is 3.27. The molecule has 0 atom stereocenters. The molecule has 1 fully saturated rings. The molecule has 0 spiro atoms. The molecule has 1 aromatic rings. The van der Waals surface area contributed by atoms with Crippen LogP contribution < -0.4 is 10.2 Å². The van der Waals surface area contributed by atoms with Gasteiger partial charge in [-0.25, -0.2) is 9.97 Å². The average molecular weight is 290 g/mol. The predicted molar refractivity (Wildman–Crippen MR) is 90.2 cm³/mol. The predicted octanol–water partition coefficient (Wildman–Crippen LogP) is 3.97. The van der Waals surface area contributed by atoms with Crippen molar-refractivity contribution >= 4 is 11.6 Å². The lowest BCUT2D eigenvalue weighted by Crippen LogP contribution is -2.28. The van der Waals surface area contributed by atoms with Crippen LogP contribution in [0.25, 0.3) is 0 Å². The summed E-state index contributed by atoms with van der Waals surface area (Å²) in [6.07, 6.45) is 3.77. The van der Waals surface area contributed by atoms with Gasteiger partial charge in [-0.05, 0) is 31.6 Å². The molecule has 1 aliphatic heterocycles. The van der Waals surface area contributed by atoms with Crippen LogP contribution in [0.4, 0.5) is 11.6 Å². The standard InChI is InChI=1S/C17H30N4/c1-7-17(8-2)9-10-21(11-17)16-13(5)15(18-6)19-14(20-16)12(3)4/h12H,7-11H2,1-6H3,(H,18,19,20). The van der Waals surface area contributed by atoms with Crippen molar-refractivity contribution in [2.45, 2.75) is 59.8 Å². The molecular weight excluding hydrogens is 260 g/mol. The lowest BCUT2D eigenvalue weighted by atomic mass is 9.82. The lowest BCUT2D eigenvalue weighted by molar-refractivity contribution is 0.301. The van der Waals surface area contributed by atoms with Crippen LogP contribution in [0.5, 0.6) is 0 Å². The first-order chi connectivity index (χ1) is 9.96. The van der Waals surface area contributed by atoms with E-state index in [0.717, 1.165) is 30.5 Å². The van der Waals surface area contributed by atoms with Crippen LogP contribution in [0.1, 0.15) is 64.3 Å². The Morgan fingerprint density at radius 1 is 1.24 bits per heavy atom. The van der Waals surface area contributed by atoms with E-state index < -0.39 is 0 Å². The second-order valence-electron chi connectivity index (χ2n) is 6.66. The molecule has 4 nitrogen and oxygen atoms in total. The monoisotopic (exact) mass is 290 g/mol. The smallest absolute Gasteiger partial charge is 0.137 e. The van der Waals surface area contributed by atoms with Gasteiger partial charge in [0.05, 0.1) is 0 Å². The molecule has 0 amide bonds. The number of nitrogens with zero attached hydrogens (tertiary/aromatic N) is 3. The van der Waals surface area contributed by atoms with Crippen LogP contribution in [-0.4, -0.2) is 30.1 Å². The Kier molecular flexibility index (Phi) is 4.74. The first kappa shape index (κ1) is 16.1. The van der Waals surface area contributed by atoms with Gasteiger partial charge in [0.1, 0.15) is 17.5 Å². The van der Waals surface area contributed by atoms with Gasteiger partial charge in [0, 0.05) is 31.6 Å². The molecule has 0 bridgehead atoms. The zero-order chi connectivity index (χ0) is 15.6. The van der Waals surface area contributed by atoms with Crippen molar-refractivity contribution in [3.63, 3.8) is 0 Å². The van der Waals surface area contributed by atoms with Crippen molar-refractivity contribution in [1.82, 2.24) is 9.97 Å². The fraction of sp³-hybridized carbons (Fsp3) is 0.765. The van der Waals surface area contributed by atoms with Crippen LogP contribution in [0.15, 0.2) is 0 Å². The van der Waals surface area contributed by atoms with Gasteiger partial charge in [0.15, 0.2) is 0 Å². The van der Waals surface area contributed by atoms with Crippen molar-refractivity contribution in [1.29, 1.82) is 0 Å². The minimum Gasteiger partial charge on any atom is -0.373 e. The van der Waals surface area contributed by atoms with Crippen LogP contribution in [0, 0.1) is 12.3 Å². The zero-order valence-corrected chi connectivity index (χ0v) is 14.5. The third kappa shape index (κ3) is 2.99. The van der Waals surface area contributed by atoms with Gasteiger partial charge in [0.25, 0.3) is 0 Å². The zero-order valence-electron chi connectivity index (χ0n) is 14.5. The summed E-state index contributed by atoms with van der Waals surface area (Å²) in [7, 11) is 1.94. The molecule has 21 heavy (non-hydrogen) atoms. The number of hydrogen-bond donors (Lipinski definition) is 1. The number of anilines is 2. The van der Waals surface area contributed by atoms with Crippen LogP contribution >= 0.6 is 0 Å². The van der Waals surface area contributed by atoms with Crippen LogP contribution in [-0.2, 0) is 0 Å². The Labute approximate surface area is 129 Å². The summed E-state index contributed by atoms with van der Waals surface area (Å²) >= 11 is 0. The first-order valence-corrected chi connectivity index (χ1v) is 8.27. The normalized spacial score (nSPS) is 17.6. The highest BCUT2D eigenvalue weighted by Gasteiger charge is 2.36. The van der Waals surface area contributed by atoms with Gasteiger partial charge in [0.2, 0.25) is 0 Å². The summed E-state index contributed by atoms with van der Waals surface area (Å²) in [5.74, 6) is 3.38. The lowest BCUT2D eigenvalue weighted by Gasteiger charge is -2.28. The second-order valence-corrected chi connectivity index (χ2v) is 6.66. The maximum atomic E-state index is 4.87. The van der Waals surface area contributed by atoms with E-state index in [4.69, 9.17) is 4.98 Å². The first-order valence-electron chi connectivity index (χ1n) is 8.27. The molecule has 118 valence electrons. The van der Waals surface area contributed by atoms with Crippen molar-refractivity contribution in [3.05, 3.63) is 11.4 Å². The number of hydrogen-bond acceptors (Lipinski definition) is 4. The van der Waals surface area contributed by atoms with E-state index in [1.165, 1.54) is 24.8 Å². The van der Waals surface area contributed by atoms with Gasteiger partial charge in [-0.1, -0.05) is 27.7 Å². The molecule has 0 radical (unpaired) electrons. The molecule has 1 aliphatic rings. The Morgan fingerprint density at radius 2 is 1.90 bits per heavy atom. The van der Waals surface area contributed by atoms with Crippen LogP contribution in [0.3, 0.4) is 0 Å². The van der Waals surface area contributed by atoms with E-state index in [-0.39, 0.29) is 0 Å². The highest BCUT2D eigenvalue weighted by Crippen LogP contribution is 2.40. The van der Waals surface area contributed by atoms with Crippen molar-refractivity contribution in [2.24, 2.45) is 5.41 Å². The molecule has 4 heteroatoms. The van der Waals surface area contributed by atoms with E-state index in [9.17, 15) is 0 Å². The Morgan fingerprint density at radius 3 is 2.38 bits per heavy atom. The SMILES string of the molecule is CCC1(CC)CCN(c2nc(C(C)C)nc(NC)c2C)C1. The molecular formula is C17H30N4. The molecule has 0 saturated carbocycles. The molecule has 2 heterocycles. The summed E-state index contributed by atoms with van der Waals surface area (Å²) in [6, 6.07) is 0. The Bertz CT molecular complexity index is 492. The minimum atomic E-state index is 0.348. The maximum absolute atomic E-state index is 4.87. The number of aromatic nitrogens is 2. The third-order valence-corrected chi connectivity index (χ3v) is 5.13. The van der Waals surface area contributed by atoms with E-state index >= 15 is 0 Å². The van der Waals surface area contributed by atoms with Gasteiger partial charge < -0.3 is 10.2 Å². The molecule has 0 aliphatic carbocycles. The maximum Gasteiger partial charge on any atom is 0.137 e. The van der Waals surface area contributed by atoms with E-state index in [2.05, 4.69) is 49.8 Å². The molecule has 1 saturated heterocycles. The van der Waals surface area contributed by atoms with Crippen LogP contribution in [0.2, 0.25) is 0 Å². The quantitative estimate of drug-likeness (QED) is 0.891. The molecule has 0 unspecified atom stereocenters. The van der Waals surface area contributed by atoms with Crippen molar-refractivity contribution in [3.8, 4) is 0 Å². The van der Waals surface area contributed by atoms with Gasteiger partial charge >= 0.3 is 0 Å². The van der Waals surface area contributed by atoms with E-state index in [1.54, 1.807) is 0 Å². The van der Waals surface area contributed by atoms with Gasteiger partial charge in [-0.3, -0.25) is 0 Å². The third-order valence-electron chi connectivity index (χ3n) is 5.13. The summed E-state index contributed by atoms with van der Waals surface area (Å²) < 4.78 is 0. The van der Waals surface area contributed by atoms with Crippen molar-refractivity contribution < 1.29 is 0 Å². The van der Waals surface area contributed by atoms with E-state index in [0.29, 0.717) is 11.3 Å².